The predicted molar refractivity (Wildman–Crippen MR) is 71.6 cm³/mol. The molecule has 1 fully saturated rings. The number of aliphatic hydroxyl groups is 1. The van der Waals surface area contributed by atoms with Crippen molar-refractivity contribution in [2.75, 3.05) is 13.1 Å². The summed E-state index contributed by atoms with van der Waals surface area (Å²) in [6.07, 6.45) is 1.54. The summed E-state index contributed by atoms with van der Waals surface area (Å²) in [4.78, 5) is 25.0. The molecule has 1 atom stereocenters. The van der Waals surface area contributed by atoms with Crippen LogP contribution in [0.2, 0.25) is 0 Å². The zero-order valence-electron chi connectivity index (χ0n) is 12.3. The molecule has 0 saturated carbocycles. The average Bonchev–Trinajstić information content (AvgIpc) is 2.25. The minimum Gasteiger partial charge on any atom is -0.481 e. The van der Waals surface area contributed by atoms with Gasteiger partial charge in [0.25, 0.3) is 0 Å². The number of carboxylic acids is 1. The maximum Gasteiger partial charge on any atom is 0.310 e. The van der Waals surface area contributed by atoms with Crippen LogP contribution in [0.1, 0.15) is 47.0 Å². The van der Waals surface area contributed by atoms with Crippen molar-refractivity contribution in [3.05, 3.63) is 0 Å². The minimum atomic E-state index is -1.05. The van der Waals surface area contributed by atoms with Crippen LogP contribution in [0.25, 0.3) is 0 Å². The maximum atomic E-state index is 12.1. The van der Waals surface area contributed by atoms with Gasteiger partial charge in [-0.3, -0.25) is 9.59 Å². The monoisotopic (exact) mass is 271 g/mol. The fraction of sp³-hybridized carbons (Fsp3) is 0.857. The molecule has 19 heavy (non-hydrogen) atoms. The van der Waals surface area contributed by atoms with Crippen molar-refractivity contribution in [1.29, 1.82) is 0 Å². The number of carboxylic acid groups (broad SMARTS) is 1. The molecule has 1 aliphatic rings. The molecule has 0 aromatic rings. The Bertz CT molecular complexity index is 360. The molecule has 1 aliphatic heterocycles. The van der Waals surface area contributed by atoms with E-state index in [9.17, 15) is 19.8 Å². The summed E-state index contributed by atoms with van der Waals surface area (Å²) >= 11 is 0. The summed E-state index contributed by atoms with van der Waals surface area (Å²) in [7, 11) is 0. The summed E-state index contributed by atoms with van der Waals surface area (Å²) in [5.41, 5.74) is -1.81. The lowest BCUT2D eigenvalue weighted by atomic mass is 9.75. The van der Waals surface area contributed by atoms with Gasteiger partial charge in [-0.2, -0.15) is 0 Å². The van der Waals surface area contributed by atoms with Crippen molar-refractivity contribution in [2.24, 2.45) is 11.3 Å². The van der Waals surface area contributed by atoms with Crippen LogP contribution in [-0.4, -0.2) is 45.7 Å². The van der Waals surface area contributed by atoms with Crippen LogP contribution in [0.3, 0.4) is 0 Å². The highest BCUT2D eigenvalue weighted by atomic mass is 16.4. The number of hydrogen-bond donors (Lipinski definition) is 2. The fourth-order valence-electron chi connectivity index (χ4n) is 2.42. The molecule has 5 heteroatoms. The number of hydrogen-bond acceptors (Lipinski definition) is 3. The summed E-state index contributed by atoms with van der Waals surface area (Å²) in [5, 5.41) is 19.3. The highest BCUT2D eigenvalue weighted by Gasteiger charge is 2.46. The molecule has 1 heterocycles. The molecule has 110 valence electrons. The van der Waals surface area contributed by atoms with Gasteiger partial charge in [0.05, 0.1) is 24.1 Å². The van der Waals surface area contributed by atoms with Crippen molar-refractivity contribution < 1.29 is 19.8 Å². The van der Waals surface area contributed by atoms with Crippen molar-refractivity contribution in [3.63, 3.8) is 0 Å². The smallest absolute Gasteiger partial charge is 0.310 e. The van der Waals surface area contributed by atoms with Gasteiger partial charge in [-0.1, -0.05) is 27.2 Å². The molecule has 5 nitrogen and oxygen atoms in total. The maximum absolute atomic E-state index is 12.1. The number of carbonyl (C=O) groups excluding carboxylic acids is 1. The number of amides is 1. The van der Waals surface area contributed by atoms with Crippen LogP contribution in [0.15, 0.2) is 0 Å². The van der Waals surface area contributed by atoms with Gasteiger partial charge in [-0.05, 0) is 19.3 Å². The first-order chi connectivity index (χ1) is 8.64. The Balaban J connectivity index is 2.60. The molecular formula is C14H25NO4. The Labute approximate surface area is 114 Å². The molecule has 2 N–H and O–H groups in total. The lowest BCUT2D eigenvalue weighted by Gasteiger charge is -2.47. The van der Waals surface area contributed by atoms with Gasteiger partial charge in [0.2, 0.25) is 5.91 Å². The first-order valence-corrected chi connectivity index (χ1v) is 6.88. The number of carbonyl (C=O) groups is 2. The minimum absolute atomic E-state index is 0.0117. The third kappa shape index (κ3) is 3.26. The second-order valence-corrected chi connectivity index (χ2v) is 6.28. The van der Waals surface area contributed by atoms with Crippen LogP contribution in [-0.2, 0) is 9.59 Å². The van der Waals surface area contributed by atoms with Gasteiger partial charge in [-0.25, -0.2) is 0 Å². The number of aliphatic carboxylic acids is 1. The van der Waals surface area contributed by atoms with Gasteiger partial charge in [0, 0.05) is 6.42 Å². The third-order valence-electron chi connectivity index (χ3n) is 4.32. The average molecular weight is 271 g/mol. The van der Waals surface area contributed by atoms with Gasteiger partial charge in [-0.15, -0.1) is 0 Å². The Morgan fingerprint density at radius 3 is 2.26 bits per heavy atom. The second-order valence-electron chi connectivity index (χ2n) is 6.28. The summed E-state index contributed by atoms with van der Waals surface area (Å²) in [6.45, 7) is 7.87. The van der Waals surface area contributed by atoms with E-state index in [1.807, 2.05) is 20.8 Å². The first-order valence-electron chi connectivity index (χ1n) is 6.88. The molecule has 0 spiro atoms. The molecule has 0 bridgehead atoms. The number of likely N-dealkylation sites (tertiary alicyclic amines) is 1. The van der Waals surface area contributed by atoms with Gasteiger partial charge in [0.1, 0.15) is 0 Å². The van der Waals surface area contributed by atoms with E-state index in [-0.39, 0.29) is 18.2 Å². The van der Waals surface area contributed by atoms with Crippen molar-refractivity contribution in [1.82, 2.24) is 4.90 Å². The SMILES string of the molecule is CCCC1(O)CN(C(=O)CC(C)(C(=O)O)C(C)C)C1. The normalized spacial score (nSPS) is 20.8. The molecule has 1 rings (SSSR count). The lowest BCUT2D eigenvalue weighted by Crippen LogP contribution is -2.64. The van der Waals surface area contributed by atoms with Crippen LogP contribution in [0.4, 0.5) is 0 Å². The van der Waals surface area contributed by atoms with Crippen molar-refractivity contribution in [3.8, 4) is 0 Å². The topological polar surface area (TPSA) is 77.8 Å². The predicted octanol–water partition coefficient (Wildman–Crippen LogP) is 1.50. The molecule has 0 aromatic heterocycles. The van der Waals surface area contributed by atoms with Gasteiger partial charge < -0.3 is 15.1 Å². The molecule has 0 radical (unpaired) electrons. The fourth-order valence-corrected chi connectivity index (χ4v) is 2.42. The molecular weight excluding hydrogens is 246 g/mol. The van der Waals surface area contributed by atoms with E-state index in [1.165, 1.54) is 0 Å². The highest BCUT2D eigenvalue weighted by Crippen LogP contribution is 2.34. The Hall–Kier alpha value is -1.10. The van der Waals surface area contributed by atoms with E-state index in [2.05, 4.69) is 0 Å². The van der Waals surface area contributed by atoms with E-state index < -0.39 is 17.0 Å². The summed E-state index contributed by atoms with van der Waals surface area (Å²) in [6, 6.07) is 0. The number of rotatable bonds is 6. The number of nitrogens with zero attached hydrogens (tertiary/aromatic N) is 1. The van der Waals surface area contributed by atoms with Gasteiger partial charge >= 0.3 is 5.97 Å². The van der Waals surface area contributed by atoms with E-state index in [0.29, 0.717) is 19.5 Å². The largest absolute Gasteiger partial charge is 0.481 e. The second kappa shape index (κ2) is 5.49. The Morgan fingerprint density at radius 2 is 1.89 bits per heavy atom. The highest BCUT2D eigenvalue weighted by molar-refractivity contribution is 5.85. The zero-order valence-corrected chi connectivity index (χ0v) is 12.3. The Kier molecular flexibility index (Phi) is 4.61. The summed E-state index contributed by atoms with van der Waals surface area (Å²) in [5.74, 6) is -1.25. The van der Waals surface area contributed by atoms with E-state index in [0.717, 1.165) is 6.42 Å². The van der Waals surface area contributed by atoms with Crippen LogP contribution < -0.4 is 0 Å². The molecule has 0 aromatic carbocycles. The van der Waals surface area contributed by atoms with Crippen LogP contribution in [0.5, 0.6) is 0 Å². The van der Waals surface area contributed by atoms with E-state index in [1.54, 1.807) is 11.8 Å². The molecule has 1 amide bonds. The third-order valence-corrected chi connectivity index (χ3v) is 4.32. The van der Waals surface area contributed by atoms with Crippen LogP contribution >= 0.6 is 0 Å². The van der Waals surface area contributed by atoms with Crippen LogP contribution in [0, 0.1) is 11.3 Å². The van der Waals surface area contributed by atoms with E-state index >= 15 is 0 Å². The standard InChI is InChI=1S/C14H25NO4/c1-5-6-14(19)8-15(9-14)11(16)7-13(4,10(2)3)12(17)18/h10,19H,5-9H2,1-4H3,(H,17,18). The first kappa shape index (κ1) is 16.0. The van der Waals surface area contributed by atoms with E-state index in [4.69, 9.17) is 0 Å². The summed E-state index contributed by atoms with van der Waals surface area (Å²) < 4.78 is 0. The molecule has 1 unspecified atom stereocenters. The quantitative estimate of drug-likeness (QED) is 0.767. The Morgan fingerprint density at radius 1 is 1.37 bits per heavy atom. The lowest BCUT2D eigenvalue weighted by molar-refractivity contribution is -0.165. The van der Waals surface area contributed by atoms with Crippen molar-refractivity contribution >= 4 is 11.9 Å². The zero-order chi connectivity index (χ0) is 14.8. The molecule has 1 saturated heterocycles. The number of β-amino-alcohol motifs (C(OH)–C–C–N with tert-alkyl or cyclic N) is 1. The van der Waals surface area contributed by atoms with Gasteiger partial charge in [0.15, 0.2) is 0 Å². The van der Waals surface area contributed by atoms with Crippen molar-refractivity contribution in [2.45, 2.75) is 52.6 Å². The molecule has 0 aliphatic carbocycles.